The Labute approximate surface area is 130 Å². The van der Waals surface area contributed by atoms with E-state index in [1.807, 2.05) is 37.6 Å². The molecule has 0 bridgehead atoms. The van der Waals surface area contributed by atoms with Crippen LogP contribution in [0.3, 0.4) is 0 Å². The lowest BCUT2D eigenvalue weighted by atomic mass is 10.0. The van der Waals surface area contributed by atoms with E-state index >= 15 is 0 Å². The third-order valence-corrected chi connectivity index (χ3v) is 3.53. The summed E-state index contributed by atoms with van der Waals surface area (Å²) in [5.41, 5.74) is 2.27. The molecule has 0 aliphatic heterocycles. The lowest BCUT2D eigenvalue weighted by Crippen LogP contribution is -2.10. The molecule has 0 saturated carbocycles. The van der Waals surface area contributed by atoms with E-state index in [0.717, 1.165) is 33.5 Å². The van der Waals surface area contributed by atoms with E-state index in [9.17, 15) is 0 Å². The standard InChI is InChI=1S/C18H20N4/c1-12(2)22-17-9-14-15(13-7-5-4-6-8-13)10-21-18(19-3)16(14)11-20-17/h4-12H,1-3H3,(H,19,21)(H,20,22). The van der Waals surface area contributed by atoms with E-state index in [1.165, 1.54) is 0 Å². The lowest BCUT2D eigenvalue weighted by molar-refractivity contribution is 0.890. The molecule has 0 fully saturated rings. The molecular weight excluding hydrogens is 272 g/mol. The number of benzene rings is 1. The Morgan fingerprint density at radius 3 is 2.41 bits per heavy atom. The van der Waals surface area contributed by atoms with Crippen molar-refractivity contribution in [2.45, 2.75) is 19.9 Å². The van der Waals surface area contributed by atoms with Crippen LogP contribution in [0.1, 0.15) is 13.8 Å². The molecule has 0 saturated heterocycles. The van der Waals surface area contributed by atoms with E-state index in [-0.39, 0.29) is 0 Å². The van der Waals surface area contributed by atoms with E-state index in [2.05, 4.69) is 52.6 Å². The van der Waals surface area contributed by atoms with Gasteiger partial charge in [0, 0.05) is 36.4 Å². The molecule has 0 unspecified atom stereocenters. The molecule has 4 heteroatoms. The van der Waals surface area contributed by atoms with Crippen molar-refractivity contribution < 1.29 is 0 Å². The maximum absolute atomic E-state index is 4.52. The van der Waals surface area contributed by atoms with Crippen LogP contribution in [0.15, 0.2) is 48.8 Å². The highest BCUT2D eigenvalue weighted by Crippen LogP contribution is 2.32. The van der Waals surface area contributed by atoms with Crippen LogP contribution in [-0.4, -0.2) is 23.1 Å². The number of anilines is 2. The zero-order chi connectivity index (χ0) is 15.5. The normalized spacial score (nSPS) is 10.9. The minimum atomic E-state index is 0.343. The first-order valence-electron chi connectivity index (χ1n) is 7.47. The second kappa shape index (κ2) is 6.02. The fraction of sp³-hybridized carbons (Fsp3) is 0.222. The molecule has 0 radical (unpaired) electrons. The number of fused-ring (bicyclic) bond motifs is 1. The van der Waals surface area contributed by atoms with Crippen LogP contribution in [0, 0.1) is 0 Å². The molecule has 2 N–H and O–H groups in total. The van der Waals surface area contributed by atoms with Gasteiger partial charge in [0.1, 0.15) is 11.6 Å². The van der Waals surface area contributed by atoms with Crippen molar-refractivity contribution in [2.24, 2.45) is 0 Å². The summed E-state index contributed by atoms with van der Waals surface area (Å²) in [4.78, 5) is 9.02. The maximum atomic E-state index is 4.52. The lowest BCUT2D eigenvalue weighted by Gasteiger charge is -2.13. The number of aromatic nitrogens is 2. The van der Waals surface area contributed by atoms with Gasteiger partial charge >= 0.3 is 0 Å². The Hall–Kier alpha value is -2.62. The maximum Gasteiger partial charge on any atom is 0.135 e. The molecule has 3 rings (SSSR count). The van der Waals surface area contributed by atoms with Gasteiger partial charge < -0.3 is 10.6 Å². The van der Waals surface area contributed by atoms with Crippen LogP contribution in [0.2, 0.25) is 0 Å². The Morgan fingerprint density at radius 2 is 1.73 bits per heavy atom. The molecule has 0 amide bonds. The summed E-state index contributed by atoms with van der Waals surface area (Å²) in [6.07, 6.45) is 3.80. The fourth-order valence-electron chi connectivity index (χ4n) is 2.56. The Balaban J connectivity index is 2.23. The first-order valence-corrected chi connectivity index (χ1v) is 7.47. The van der Waals surface area contributed by atoms with Gasteiger partial charge in [-0.15, -0.1) is 0 Å². The molecule has 1 aromatic carbocycles. The van der Waals surface area contributed by atoms with Crippen LogP contribution in [0.4, 0.5) is 11.6 Å². The van der Waals surface area contributed by atoms with Crippen LogP contribution >= 0.6 is 0 Å². The molecule has 4 nitrogen and oxygen atoms in total. The van der Waals surface area contributed by atoms with Gasteiger partial charge in [0.15, 0.2) is 0 Å². The highest BCUT2D eigenvalue weighted by atomic mass is 15.0. The number of nitrogens with zero attached hydrogens (tertiary/aromatic N) is 2. The van der Waals surface area contributed by atoms with Crippen molar-refractivity contribution in [3.05, 3.63) is 48.8 Å². The molecule has 3 aromatic rings. The van der Waals surface area contributed by atoms with Gasteiger partial charge in [0.2, 0.25) is 0 Å². The minimum Gasteiger partial charge on any atom is -0.373 e. The van der Waals surface area contributed by atoms with E-state index in [4.69, 9.17) is 0 Å². The van der Waals surface area contributed by atoms with Crippen molar-refractivity contribution in [1.29, 1.82) is 0 Å². The van der Waals surface area contributed by atoms with Gasteiger partial charge in [0.05, 0.1) is 0 Å². The summed E-state index contributed by atoms with van der Waals surface area (Å²) < 4.78 is 0. The van der Waals surface area contributed by atoms with Crippen molar-refractivity contribution in [3.8, 4) is 11.1 Å². The zero-order valence-corrected chi connectivity index (χ0v) is 13.1. The Bertz CT molecular complexity index is 782. The average molecular weight is 292 g/mol. The third-order valence-electron chi connectivity index (χ3n) is 3.53. The van der Waals surface area contributed by atoms with Crippen LogP contribution in [-0.2, 0) is 0 Å². The Kier molecular flexibility index (Phi) is 3.92. The van der Waals surface area contributed by atoms with Gasteiger partial charge in [0.25, 0.3) is 0 Å². The highest BCUT2D eigenvalue weighted by Gasteiger charge is 2.10. The predicted octanol–water partition coefficient (Wildman–Crippen LogP) is 4.16. The van der Waals surface area contributed by atoms with Gasteiger partial charge in [-0.1, -0.05) is 30.3 Å². The fourth-order valence-corrected chi connectivity index (χ4v) is 2.56. The predicted molar refractivity (Wildman–Crippen MR) is 93.3 cm³/mol. The average Bonchev–Trinajstić information content (AvgIpc) is 2.54. The molecule has 22 heavy (non-hydrogen) atoms. The molecule has 0 aliphatic carbocycles. The van der Waals surface area contributed by atoms with Gasteiger partial charge in [-0.3, -0.25) is 0 Å². The van der Waals surface area contributed by atoms with E-state index in [0.29, 0.717) is 6.04 Å². The second-order valence-electron chi connectivity index (χ2n) is 5.55. The molecule has 0 atom stereocenters. The monoisotopic (exact) mass is 292 g/mol. The number of hydrogen-bond acceptors (Lipinski definition) is 4. The molecule has 0 aliphatic rings. The second-order valence-corrected chi connectivity index (χ2v) is 5.55. The third kappa shape index (κ3) is 2.72. The van der Waals surface area contributed by atoms with Crippen molar-refractivity contribution in [3.63, 3.8) is 0 Å². The van der Waals surface area contributed by atoms with Gasteiger partial charge in [-0.25, -0.2) is 9.97 Å². The summed E-state index contributed by atoms with van der Waals surface area (Å²) in [6, 6.07) is 12.8. The number of nitrogens with one attached hydrogen (secondary N) is 2. The summed E-state index contributed by atoms with van der Waals surface area (Å²) in [6.45, 7) is 4.21. The zero-order valence-electron chi connectivity index (χ0n) is 13.1. The van der Waals surface area contributed by atoms with Gasteiger partial charge in [-0.2, -0.15) is 0 Å². The topological polar surface area (TPSA) is 49.8 Å². The van der Waals surface area contributed by atoms with Gasteiger partial charge in [-0.05, 0) is 30.9 Å². The van der Waals surface area contributed by atoms with Crippen molar-refractivity contribution in [1.82, 2.24) is 9.97 Å². The summed E-state index contributed by atoms with van der Waals surface area (Å²) in [5, 5.41) is 8.67. The Morgan fingerprint density at radius 1 is 0.955 bits per heavy atom. The summed E-state index contributed by atoms with van der Waals surface area (Å²) in [7, 11) is 1.88. The largest absolute Gasteiger partial charge is 0.373 e. The molecule has 2 heterocycles. The van der Waals surface area contributed by atoms with Crippen LogP contribution < -0.4 is 10.6 Å². The first-order chi connectivity index (χ1) is 10.7. The molecule has 2 aromatic heterocycles. The summed E-state index contributed by atoms with van der Waals surface area (Å²) >= 11 is 0. The highest BCUT2D eigenvalue weighted by molar-refractivity contribution is 6.02. The van der Waals surface area contributed by atoms with Crippen molar-refractivity contribution >= 4 is 22.4 Å². The molecule has 0 spiro atoms. The summed E-state index contributed by atoms with van der Waals surface area (Å²) in [5.74, 6) is 1.73. The SMILES string of the molecule is CNc1ncc(-c2ccccc2)c2cc(NC(C)C)ncc12. The van der Waals surface area contributed by atoms with Crippen LogP contribution in [0.25, 0.3) is 21.9 Å². The van der Waals surface area contributed by atoms with E-state index < -0.39 is 0 Å². The quantitative estimate of drug-likeness (QED) is 0.758. The van der Waals surface area contributed by atoms with Crippen LogP contribution in [0.5, 0.6) is 0 Å². The number of pyridine rings is 2. The van der Waals surface area contributed by atoms with E-state index in [1.54, 1.807) is 0 Å². The number of rotatable bonds is 4. The first kappa shape index (κ1) is 14.3. The van der Waals surface area contributed by atoms with Crippen molar-refractivity contribution in [2.75, 3.05) is 17.7 Å². The molecule has 112 valence electrons. The smallest absolute Gasteiger partial charge is 0.135 e. The molecular formula is C18H20N4. The number of hydrogen-bond donors (Lipinski definition) is 2. The minimum absolute atomic E-state index is 0.343.